The summed E-state index contributed by atoms with van der Waals surface area (Å²) in [6.07, 6.45) is 2.73. The van der Waals surface area contributed by atoms with Gasteiger partial charge in [0.05, 0.1) is 0 Å². The summed E-state index contributed by atoms with van der Waals surface area (Å²) in [7, 11) is 2.96. The van der Waals surface area contributed by atoms with E-state index >= 15 is 0 Å². The van der Waals surface area contributed by atoms with E-state index in [1.165, 1.54) is 31.4 Å². The summed E-state index contributed by atoms with van der Waals surface area (Å²) >= 11 is 0. The quantitative estimate of drug-likeness (QED) is 0.428. The van der Waals surface area contributed by atoms with Gasteiger partial charge in [-0.1, -0.05) is 28.5 Å². The van der Waals surface area contributed by atoms with Crippen molar-refractivity contribution in [1.29, 1.82) is 0 Å². The van der Waals surface area contributed by atoms with Gasteiger partial charge in [-0.05, 0) is 25.7 Å². The Hall–Kier alpha value is -1.42. The maximum Gasteiger partial charge on any atom is 0.326 e. The molecule has 2 unspecified atom stereocenters. The molecule has 2 aliphatic rings. The molecule has 3 atom stereocenters. The fourth-order valence-electron chi connectivity index (χ4n) is 3.45. The Morgan fingerprint density at radius 1 is 0.963 bits per heavy atom. The van der Waals surface area contributed by atoms with E-state index in [-0.39, 0.29) is 24.2 Å². The number of hydrogen-bond acceptors (Lipinski definition) is 6. The number of carbonyl (C=O) groups excluding carboxylic acids is 2. The average Bonchev–Trinajstić information content (AvgIpc) is 3.29. The zero-order chi connectivity index (χ0) is 20.0. The van der Waals surface area contributed by atoms with Gasteiger partial charge in [-0.25, -0.2) is 9.59 Å². The van der Waals surface area contributed by atoms with E-state index in [4.69, 9.17) is 5.11 Å². The van der Waals surface area contributed by atoms with Crippen LogP contribution < -0.4 is 0 Å². The Labute approximate surface area is 166 Å². The highest BCUT2D eigenvalue weighted by Crippen LogP contribution is 2.28. The lowest BCUT2D eigenvalue weighted by Gasteiger charge is -2.24. The van der Waals surface area contributed by atoms with Crippen LogP contribution in [0.5, 0.6) is 0 Å². The smallest absolute Gasteiger partial charge is 0.326 e. The fraction of sp³-hybridized carbons (Fsp3) is 0.765. The van der Waals surface area contributed by atoms with Crippen molar-refractivity contribution in [2.24, 2.45) is 5.92 Å². The molecular formula is C17H26N2O6S2. The van der Waals surface area contributed by atoms with Gasteiger partial charge in [0.1, 0.15) is 12.1 Å². The molecule has 0 aliphatic carbocycles. The largest absolute Gasteiger partial charge is 0.480 e. The second-order valence-corrected chi connectivity index (χ2v) is 9.50. The molecule has 0 spiro atoms. The van der Waals surface area contributed by atoms with Crippen molar-refractivity contribution in [2.75, 3.05) is 24.6 Å². The lowest BCUT2D eigenvalue weighted by molar-refractivity contribution is -0.149. The van der Waals surface area contributed by atoms with Crippen molar-refractivity contribution in [3.8, 4) is 0 Å². The molecule has 2 aliphatic heterocycles. The molecule has 2 rings (SSSR count). The fourth-order valence-corrected chi connectivity index (χ4v) is 5.77. The van der Waals surface area contributed by atoms with Gasteiger partial charge in [0.2, 0.25) is 11.8 Å². The highest BCUT2D eigenvalue weighted by Gasteiger charge is 2.36. The van der Waals surface area contributed by atoms with Gasteiger partial charge in [-0.2, -0.15) is 0 Å². The minimum absolute atomic E-state index is 0.134. The predicted octanol–water partition coefficient (Wildman–Crippen LogP) is 1.55. The number of carboxylic acid groups (broad SMARTS) is 2. The number of rotatable bonds is 9. The summed E-state index contributed by atoms with van der Waals surface area (Å²) in [5.74, 6) is -1.36. The van der Waals surface area contributed by atoms with E-state index in [1.807, 2.05) is 0 Å². The van der Waals surface area contributed by atoms with Crippen molar-refractivity contribution in [3.63, 3.8) is 0 Å². The van der Waals surface area contributed by atoms with E-state index in [9.17, 15) is 24.3 Å². The molecule has 0 bridgehead atoms. The Kier molecular flexibility index (Phi) is 8.28. The lowest BCUT2D eigenvalue weighted by atomic mass is 10.1. The molecule has 8 nitrogen and oxygen atoms in total. The van der Waals surface area contributed by atoms with Crippen LogP contribution in [-0.4, -0.2) is 80.4 Å². The number of aliphatic carboxylic acids is 2. The molecule has 0 saturated carbocycles. The summed E-state index contributed by atoms with van der Waals surface area (Å²) in [6.45, 7) is 2.78. The first-order valence-corrected chi connectivity index (χ1v) is 11.6. The zero-order valence-corrected chi connectivity index (χ0v) is 17.0. The first-order valence-electron chi connectivity index (χ1n) is 9.13. The average molecular weight is 419 g/mol. The second kappa shape index (κ2) is 10.2. The number of hydrogen-bond donors (Lipinski definition) is 2. The normalized spacial score (nSPS) is 23.4. The third-order valence-corrected chi connectivity index (χ3v) is 7.48. The molecule has 2 fully saturated rings. The van der Waals surface area contributed by atoms with Crippen LogP contribution in [0.3, 0.4) is 0 Å². The first-order chi connectivity index (χ1) is 12.8. The third kappa shape index (κ3) is 5.78. The molecule has 0 aromatic heterocycles. The van der Waals surface area contributed by atoms with Gasteiger partial charge >= 0.3 is 11.9 Å². The van der Waals surface area contributed by atoms with Gasteiger partial charge in [-0.3, -0.25) is 9.59 Å². The van der Waals surface area contributed by atoms with Crippen LogP contribution in [0.4, 0.5) is 0 Å². The van der Waals surface area contributed by atoms with E-state index in [2.05, 4.69) is 0 Å². The molecule has 2 saturated heterocycles. The predicted molar refractivity (Wildman–Crippen MR) is 103 cm³/mol. The molecule has 152 valence electrons. The summed E-state index contributed by atoms with van der Waals surface area (Å²) < 4.78 is 0. The minimum atomic E-state index is -0.949. The summed E-state index contributed by atoms with van der Waals surface area (Å²) in [6, 6.07) is -1.41. The molecule has 2 heterocycles. The van der Waals surface area contributed by atoms with Crippen LogP contribution in [0.1, 0.15) is 39.0 Å². The number of carboxylic acids is 2. The van der Waals surface area contributed by atoms with Crippen LogP contribution in [0.15, 0.2) is 0 Å². The number of carbonyl (C=O) groups is 4. The summed E-state index contributed by atoms with van der Waals surface area (Å²) in [4.78, 5) is 49.8. The number of amides is 2. The van der Waals surface area contributed by atoms with E-state index in [0.717, 1.165) is 6.42 Å². The Bertz CT molecular complexity index is 588. The molecule has 2 amide bonds. The Morgan fingerprint density at radius 3 is 2.11 bits per heavy atom. The van der Waals surface area contributed by atoms with Crippen LogP contribution in [0.2, 0.25) is 0 Å². The number of nitrogens with zero attached hydrogens (tertiary/aromatic N) is 2. The highest BCUT2D eigenvalue weighted by molar-refractivity contribution is 8.76. The summed E-state index contributed by atoms with van der Waals surface area (Å²) in [5, 5.41) is 18.3. The molecule has 27 heavy (non-hydrogen) atoms. The van der Waals surface area contributed by atoms with Crippen molar-refractivity contribution < 1.29 is 29.4 Å². The molecular weight excluding hydrogens is 392 g/mol. The van der Waals surface area contributed by atoms with Crippen molar-refractivity contribution in [2.45, 2.75) is 51.1 Å². The highest BCUT2D eigenvalue weighted by atomic mass is 33.1. The molecule has 10 heteroatoms. The van der Waals surface area contributed by atoms with Crippen LogP contribution in [0, 0.1) is 5.92 Å². The van der Waals surface area contributed by atoms with Crippen LogP contribution in [-0.2, 0) is 19.2 Å². The van der Waals surface area contributed by atoms with Crippen molar-refractivity contribution >= 4 is 45.3 Å². The SMILES string of the molecule is CC(CSSCCC(=O)N1CCCC1C(=O)O)C(=O)N1CCC[C@H]1C(=O)O. The van der Waals surface area contributed by atoms with Crippen LogP contribution in [0.25, 0.3) is 0 Å². The van der Waals surface area contributed by atoms with Crippen molar-refractivity contribution in [1.82, 2.24) is 9.80 Å². The summed E-state index contributed by atoms with van der Waals surface area (Å²) in [5.41, 5.74) is 0. The Morgan fingerprint density at radius 2 is 1.52 bits per heavy atom. The van der Waals surface area contributed by atoms with Gasteiger partial charge in [0, 0.05) is 36.9 Å². The third-order valence-electron chi connectivity index (χ3n) is 4.90. The molecule has 0 radical (unpaired) electrons. The molecule has 2 N–H and O–H groups in total. The minimum Gasteiger partial charge on any atom is -0.480 e. The standard InChI is InChI=1S/C17H26N2O6S2/c1-11(15(21)19-8-3-5-13(19)17(24)25)10-27-26-9-6-14(20)18-7-2-4-12(18)16(22)23/h11-13H,2-10H2,1H3,(H,22,23)(H,24,25)/t11?,12?,13-/m0/s1. The molecule has 0 aromatic carbocycles. The molecule has 0 aromatic rings. The van der Waals surface area contributed by atoms with Gasteiger partial charge in [-0.15, -0.1) is 0 Å². The maximum absolute atomic E-state index is 12.4. The zero-order valence-electron chi connectivity index (χ0n) is 15.3. The van der Waals surface area contributed by atoms with Gasteiger partial charge in [0.25, 0.3) is 0 Å². The van der Waals surface area contributed by atoms with Gasteiger partial charge in [0.15, 0.2) is 0 Å². The topological polar surface area (TPSA) is 115 Å². The first kappa shape index (κ1) is 21.9. The maximum atomic E-state index is 12.4. The monoisotopic (exact) mass is 418 g/mol. The Balaban J connectivity index is 1.66. The van der Waals surface area contributed by atoms with E-state index < -0.39 is 24.0 Å². The second-order valence-electron chi connectivity index (χ2n) is 6.87. The number of likely N-dealkylation sites (tertiary alicyclic amines) is 2. The lowest BCUT2D eigenvalue weighted by Crippen LogP contribution is -2.43. The van der Waals surface area contributed by atoms with Crippen LogP contribution >= 0.6 is 21.6 Å². The van der Waals surface area contributed by atoms with Gasteiger partial charge < -0.3 is 20.0 Å². The van der Waals surface area contributed by atoms with Crippen molar-refractivity contribution in [3.05, 3.63) is 0 Å². The van der Waals surface area contributed by atoms with E-state index in [1.54, 1.807) is 6.92 Å². The van der Waals surface area contributed by atoms with E-state index in [0.29, 0.717) is 43.9 Å².